The van der Waals surface area contributed by atoms with Gasteiger partial charge in [-0.25, -0.2) is 0 Å². The molecule has 0 atom stereocenters. The predicted molar refractivity (Wildman–Crippen MR) is 139 cm³/mol. The maximum Gasteiger partial charge on any atom is 0.294 e. The molecule has 0 saturated carbocycles. The molecule has 2 aromatic rings. The maximum atomic E-state index is 12.8. The lowest BCUT2D eigenvalue weighted by Crippen LogP contribution is -2.42. The molecule has 188 valence electrons. The number of hydrogen-bond acceptors (Lipinski definition) is 6. The van der Waals surface area contributed by atoms with E-state index in [2.05, 4.69) is 5.32 Å². The molecule has 0 unspecified atom stereocenters. The van der Waals surface area contributed by atoms with Gasteiger partial charge in [0.2, 0.25) is 5.91 Å². The van der Waals surface area contributed by atoms with Crippen molar-refractivity contribution in [1.82, 2.24) is 9.80 Å². The van der Waals surface area contributed by atoms with Crippen molar-refractivity contribution in [2.24, 2.45) is 0 Å². The van der Waals surface area contributed by atoms with Gasteiger partial charge in [-0.3, -0.25) is 24.1 Å². The number of imide groups is 1. The van der Waals surface area contributed by atoms with E-state index in [0.29, 0.717) is 30.1 Å². The molecule has 2 aliphatic rings. The van der Waals surface area contributed by atoms with Crippen molar-refractivity contribution in [3.63, 3.8) is 0 Å². The first-order valence-corrected chi connectivity index (χ1v) is 12.8. The zero-order valence-electron chi connectivity index (χ0n) is 20.2. The predicted octanol–water partition coefficient (Wildman–Crippen LogP) is 4.45. The second kappa shape index (κ2) is 11.9. The van der Waals surface area contributed by atoms with Gasteiger partial charge in [-0.1, -0.05) is 42.7 Å². The molecule has 36 heavy (non-hydrogen) atoms. The molecule has 4 rings (SSSR count). The van der Waals surface area contributed by atoms with Crippen molar-refractivity contribution in [1.29, 1.82) is 0 Å². The van der Waals surface area contributed by atoms with Crippen LogP contribution in [0.1, 0.15) is 36.8 Å². The number of thioether (sulfide) groups is 1. The SMILES string of the molecule is Cc1ccc(NC(=O)COc2ccc(C=C3SC(=O)N(CC(=O)N4CCCCCC4)C3=O)cc2)cc1. The van der Waals surface area contributed by atoms with E-state index in [0.717, 1.165) is 47.9 Å². The summed E-state index contributed by atoms with van der Waals surface area (Å²) in [6.07, 6.45) is 5.71. The number of likely N-dealkylation sites (tertiary alicyclic amines) is 1. The lowest BCUT2D eigenvalue weighted by Gasteiger charge is -2.22. The smallest absolute Gasteiger partial charge is 0.294 e. The van der Waals surface area contributed by atoms with Crippen LogP contribution in [0.15, 0.2) is 53.4 Å². The Morgan fingerprint density at radius 1 is 0.972 bits per heavy atom. The number of aryl methyl sites for hydroxylation is 1. The van der Waals surface area contributed by atoms with Crippen LogP contribution in [0.4, 0.5) is 10.5 Å². The highest BCUT2D eigenvalue weighted by molar-refractivity contribution is 8.18. The van der Waals surface area contributed by atoms with Crippen molar-refractivity contribution in [2.75, 3.05) is 31.6 Å². The molecule has 0 aliphatic carbocycles. The summed E-state index contributed by atoms with van der Waals surface area (Å²) >= 11 is 0.833. The van der Waals surface area contributed by atoms with E-state index in [4.69, 9.17) is 4.74 Å². The minimum absolute atomic E-state index is 0.142. The first kappa shape index (κ1) is 25.5. The van der Waals surface area contributed by atoms with Gasteiger partial charge >= 0.3 is 0 Å². The van der Waals surface area contributed by atoms with Gasteiger partial charge in [0, 0.05) is 18.8 Å². The molecule has 4 amide bonds. The van der Waals surface area contributed by atoms with Crippen LogP contribution < -0.4 is 10.1 Å². The molecule has 2 saturated heterocycles. The number of carbonyl (C=O) groups excluding carboxylic acids is 4. The molecule has 2 aromatic carbocycles. The largest absolute Gasteiger partial charge is 0.484 e. The molecule has 1 N–H and O–H groups in total. The molecular formula is C27H29N3O5S. The highest BCUT2D eigenvalue weighted by Crippen LogP contribution is 2.32. The Hall–Kier alpha value is -3.59. The molecule has 0 aromatic heterocycles. The first-order chi connectivity index (χ1) is 17.4. The van der Waals surface area contributed by atoms with Gasteiger partial charge in [0.1, 0.15) is 12.3 Å². The average Bonchev–Trinajstić information content (AvgIpc) is 3.05. The molecule has 2 fully saturated rings. The quantitative estimate of drug-likeness (QED) is 0.557. The van der Waals surface area contributed by atoms with Crippen LogP contribution in [0.5, 0.6) is 5.75 Å². The van der Waals surface area contributed by atoms with Crippen LogP contribution in [0.25, 0.3) is 6.08 Å². The maximum absolute atomic E-state index is 12.8. The van der Waals surface area contributed by atoms with E-state index in [1.807, 2.05) is 31.2 Å². The highest BCUT2D eigenvalue weighted by atomic mass is 32.2. The summed E-state index contributed by atoms with van der Waals surface area (Å²) < 4.78 is 5.54. The molecule has 0 bridgehead atoms. The summed E-state index contributed by atoms with van der Waals surface area (Å²) in [7, 11) is 0. The third kappa shape index (κ3) is 6.75. The van der Waals surface area contributed by atoms with Gasteiger partial charge in [0.05, 0.1) is 4.91 Å². The van der Waals surface area contributed by atoms with E-state index in [1.54, 1.807) is 35.2 Å². The van der Waals surface area contributed by atoms with Gasteiger partial charge in [-0.05, 0) is 67.4 Å². The van der Waals surface area contributed by atoms with Gasteiger partial charge in [-0.15, -0.1) is 0 Å². The van der Waals surface area contributed by atoms with Crippen LogP contribution in [-0.4, -0.2) is 59.0 Å². The number of ether oxygens (including phenoxy) is 1. The number of nitrogens with zero attached hydrogens (tertiary/aromatic N) is 2. The van der Waals surface area contributed by atoms with E-state index in [1.165, 1.54) is 0 Å². The topological polar surface area (TPSA) is 96.0 Å². The monoisotopic (exact) mass is 507 g/mol. The lowest BCUT2D eigenvalue weighted by molar-refractivity contribution is -0.135. The number of amides is 4. The molecule has 2 aliphatic heterocycles. The summed E-state index contributed by atoms with van der Waals surface area (Å²) in [5.74, 6) is -0.414. The van der Waals surface area contributed by atoms with Crippen LogP contribution in [0.3, 0.4) is 0 Å². The van der Waals surface area contributed by atoms with Gasteiger partial charge in [0.15, 0.2) is 6.61 Å². The summed E-state index contributed by atoms with van der Waals surface area (Å²) in [6.45, 7) is 2.96. The number of rotatable bonds is 7. The fourth-order valence-electron chi connectivity index (χ4n) is 3.99. The van der Waals surface area contributed by atoms with Crippen molar-refractivity contribution >= 4 is 46.5 Å². The van der Waals surface area contributed by atoms with Crippen LogP contribution in [0.2, 0.25) is 0 Å². The summed E-state index contributed by atoms with van der Waals surface area (Å²) in [5.41, 5.74) is 2.51. The molecule has 9 heteroatoms. The summed E-state index contributed by atoms with van der Waals surface area (Å²) in [6, 6.07) is 14.3. The Morgan fingerprint density at radius 3 is 2.31 bits per heavy atom. The van der Waals surface area contributed by atoms with E-state index < -0.39 is 11.1 Å². The van der Waals surface area contributed by atoms with Crippen molar-refractivity contribution in [2.45, 2.75) is 32.6 Å². The molecule has 2 heterocycles. The second-order valence-corrected chi connectivity index (χ2v) is 9.83. The zero-order valence-corrected chi connectivity index (χ0v) is 21.0. The normalized spacial score (nSPS) is 17.3. The van der Waals surface area contributed by atoms with Crippen LogP contribution >= 0.6 is 11.8 Å². The minimum atomic E-state index is -0.457. The molecule has 0 spiro atoms. The number of nitrogens with one attached hydrogen (secondary N) is 1. The second-order valence-electron chi connectivity index (χ2n) is 8.83. The first-order valence-electron chi connectivity index (χ1n) is 12.0. The standard InChI is InChI=1S/C27H29N3O5S/c1-19-6-10-21(11-7-19)28-24(31)18-35-22-12-8-20(9-13-22)16-23-26(33)30(27(34)36-23)17-25(32)29-14-4-2-3-5-15-29/h6-13,16H,2-5,14-15,17-18H2,1H3,(H,28,31). The number of anilines is 1. The average molecular weight is 508 g/mol. The Balaban J connectivity index is 1.30. The molecule has 0 radical (unpaired) electrons. The van der Waals surface area contributed by atoms with Crippen molar-refractivity contribution in [3.8, 4) is 5.75 Å². The number of carbonyl (C=O) groups is 4. The Bertz CT molecular complexity index is 1150. The van der Waals surface area contributed by atoms with Crippen LogP contribution in [0, 0.1) is 6.92 Å². The fourth-order valence-corrected chi connectivity index (χ4v) is 4.82. The van der Waals surface area contributed by atoms with Gasteiger partial charge in [-0.2, -0.15) is 0 Å². The van der Waals surface area contributed by atoms with Crippen molar-refractivity contribution in [3.05, 3.63) is 64.6 Å². The lowest BCUT2D eigenvalue weighted by atomic mass is 10.2. The minimum Gasteiger partial charge on any atom is -0.484 e. The fraction of sp³-hybridized carbons (Fsp3) is 0.333. The Kier molecular flexibility index (Phi) is 8.43. The van der Waals surface area contributed by atoms with Gasteiger partial charge < -0.3 is 15.0 Å². The van der Waals surface area contributed by atoms with E-state index in [9.17, 15) is 19.2 Å². The Morgan fingerprint density at radius 2 is 1.64 bits per heavy atom. The summed E-state index contributed by atoms with van der Waals surface area (Å²) in [5, 5.41) is 2.34. The third-order valence-electron chi connectivity index (χ3n) is 6.01. The highest BCUT2D eigenvalue weighted by Gasteiger charge is 2.37. The van der Waals surface area contributed by atoms with Crippen LogP contribution in [-0.2, 0) is 14.4 Å². The third-order valence-corrected chi connectivity index (χ3v) is 6.92. The van der Waals surface area contributed by atoms with E-state index >= 15 is 0 Å². The van der Waals surface area contributed by atoms with Crippen molar-refractivity contribution < 1.29 is 23.9 Å². The summed E-state index contributed by atoms with van der Waals surface area (Å²) in [4.78, 5) is 53.0. The number of hydrogen-bond donors (Lipinski definition) is 1. The zero-order chi connectivity index (χ0) is 25.5. The van der Waals surface area contributed by atoms with E-state index in [-0.39, 0.29) is 29.9 Å². The van der Waals surface area contributed by atoms with Gasteiger partial charge in [0.25, 0.3) is 17.1 Å². The number of benzene rings is 2. The molecule has 8 nitrogen and oxygen atoms in total. The Labute approximate surface area is 214 Å². The molecular weight excluding hydrogens is 478 g/mol.